The van der Waals surface area contributed by atoms with E-state index in [0.29, 0.717) is 0 Å². The Kier molecular flexibility index (Phi) is 13.5. The summed E-state index contributed by atoms with van der Waals surface area (Å²) in [5.74, 6) is -102. The number of aliphatic hydroxyl groups excluding tert-OH is 1. The molecule has 0 bridgehead atoms. The number of carbonyl (C=O) groups is 1. The van der Waals surface area contributed by atoms with Gasteiger partial charge in [-0.05, 0) is 0 Å². The number of hydrogen-bond acceptors (Lipinski definition) is 3. The van der Waals surface area contributed by atoms with Gasteiger partial charge in [0.15, 0.2) is 12.6 Å². The highest BCUT2D eigenvalue weighted by Gasteiger charge is 2.96. The van der Waals surface area contributed by atoms with Gasteiger partial charge in [0.2, 0.25) is 0 Å². The standard InChI is InChI=1S/C22H16F30NO3/c1-53(2,6-8(55)56-4-3-9(23,24)11(27,28)13(31,32)17(39,40)19(43,44)21(47,48)49)5-7(54)10(25,26)12(29,30)14(33,34)15(35,36)16(37,38)18(41,42)20(45,46)22(50,51)52/h7,54H,3-6H2,1-2H3/q+1. The largest absolute Gasteiger partial charge is 0.461 e. The molecule has 0 saturated heterocycles. The summed E-state index contributed by atoms with van der Waals surface area (Å²) < 4.78 is 400. The first-order valence-corrected chi connectivity index (χ1v) is 13.1. The monoisotopic (exact) mass is 912 g/mol. The van der Waals surface area contributed by atoms with Crippen LogP contribution in [-0.4, -0.2) is 139 Å². The van der Waals surface area contributed by atoms with Crippen LogP contribution < -0.4 is 0 Å². The fourth-order valence-electron chi connectivity index (χ4n) is 3.68. The molecule has 0 aliphatic carbocycles. The zero-order chi connectivity index (χ0) is 46.2. The van der Waals surface area contributed by atoms with Crippen LogP contribution in [-0.2, 0) is 9.53 Å². The van der Waals surface area contributed by atoms with E-state index in [-0.39, 0.29) is 14.1 Å². The quantitative estimate of drug-likeness (QED) is 0.0849. The Bertz CT molecular complexity index is 1390. The number of halogens is 30. The van der Waals surface area contributed by atoms with E-state index < -0.39 is 126 Å². The van der Waals surface area contributed by atoms with E-state index in [2.05, 4.69) is 4.74 Å². The highest BCUT2D eigenvalue weighted by molar-refractivity contribution is 5.70. The average molecular weight is 912 g/mol. The van der Waals surface area contributed by atoms with E-state index in [9.17, 15) is 142 Å². The fraction of sp³-hybridized carbons (Fsp3) is 0.955. The molecule has 0 aromatic rings. The van der Waals surface area contributed by atoms with Crippen LogP contribution in [0.2, 0.25) is 0 Å². The minimum atomic E-state index is -9.04. The minimum absolute atomic E-state index is 0.117. The maximum atomic E-state index is 14.3. The van der Waals surface area contributed by atoms with Gasteiger partial charge in [0, 0.05) is 0 Å². The van der Waals surface area contributed by atoms with Crippen molar-refractivity contribution in [2.24, 2.45) is 0 Å². The molecule has 336 valence electrons. The van der Waals surface area contributed by atoms with E-state index >= 15 is 0 Å². The number of nitrogens with zero attached hydrogens (tertiary/aromatic N) is 1. The zero-order valence-corrected chi connectivity index (χ0v) is 26.0. The fourth-order valence-corrected chi connectivity index (χ4v) is 3.68. The Labute approximate surface area is 287 Å². The predicted octanol–water partition coefficient (Wildman–Crippen LogP) is 9.11. The lowest BCUT2D eigenvalue weighted by atomic mass is 9.87. The van der Waals surface area contributed by atoms with Gasteiger partial charge in [-0.25, -0.2) is 4.79 Å². The topological polar surface area (TPSA) is 46.5 Å². The number of rotatable bonds is 18. The zero-order valence-electron chi connectivity index (χ0n) is 26.0. The summed E-state index contributed by atoms with van der Waals surface area (Å²) in [5, 5.41) is 9.39. The molecular formula is C22H16F30NO3+. The molecule has 34 heteroatoms. The van der Waals surface area contributed by atoms with Gasteiger partial charge in [-0.3, -0.25) is 0 Å². The molecule has 0 heterocycles. The van der Waals surface area contributed by atoms with Gasteiger partial charge >= 0.3 is 89.4 Å². The van der Waals surface area contributed by atoms with Crippen molar-refractivity contribution in [1.82, 2.24) is 0 Å². The van der Waals surface area contributed by atoms with Crippen molar-refractivity contribution < 1.29 is 151 Å². The van der Waals surface area contributed by atoms with Gasteiger partial charge in [0.1, 0.15) is 6.54 Å². The highest BCUT2D eigenvalue weighted by Crippen LogP contribution is 2.65. The molecule has 1 N–H and O–H groups in total. The van der Waals surface area contributed by atoms with Gasteiger partial charge in [-0.15, -0.1) is 0 Å². The Morgan fingerprint density at radius 2 is 0.732 bits per heavy atom. The molecule has 0 amide bonds. The van der Waals surface area contributed by atoms with Gasteiger partial charge < -0.3 is 14.3 Å². The number of carbonyl (C=O) groups excluding carboxylic acids is 1. The predicted molar refractivity (Wildman–Crippen MR) is 115 cm³/mol. The lowest BCUT2D eigenvalue weighted by molar-refractivity contribution is -0.887. The first-order chi connectivity index (χ1) is 23.7. The van der Waals surface area contributed by atoms with Crippen molar-refractivity contribution in [1.29, 1.82) is 0 Å². The number of likely N-dealkylation sites (N-methyl/N-ethyl adjacent to an activating group) is 1. The van der Waals surface area contributed by atoms with Crippen LogP contribution in [0.5, 0.6) is 0 Å². The molecule has 0 aliphatic heterocycles. The molecule has 0 rings (SSSR count). The van der Waals surface area contributed by atoms with Crippen molar-refractivity contribution in [2.45, 2.75) is 95.9 Å². The molecular weight excluding hydrogens is 896 g/mol. The number of esters is 1. The summed E-state index contributed by atoms with van der Waals surface area (Å²) in [6.45, 7) is -7.14. The van der Waals surface area contributed by atoms with Crippen LogP contribution >= 0.6 is 0 Å². The van der Waals surface area contributed by atoms with E-state index in [1.807, 2.05) is 0 Å². The number of alkyl halides is 30. The number of aliphatic hydroxyl groups is 1. The van der Waals surface area contributed by atoms with Crippen molar-refractivity contribution in [3.63, 3.8) is 0 Å². The first-order valence-electron chi connectivity index (χ1n) is 13.1. The van der Waals surface area contributed by atoms with Crippen LogP contribution in [0.4, 0.5) is 132 Å². The molecule has 56 heavy (non-hydrogen) atoms. The summed E-state index contributed by atoms with van der Waals surface area (Å²) in [4.78, 5) is 11.8. The third-order valence-corrected chi connectivity index (χ3v) is 7.07. The Hall–Kier alpha value is -2.71. The van der Waals surface area contributed by atoms with Crippen LogP contribution in [0.1, 0.15) is 6.42 Å². The Morgan fingerprint density at radius 1 is 0.464 bits per heavy atom. The van der Waals surface area contributed by atoms with Gasteiger partial charge in [0.25, 0.3) is 0 Å². The molecule has 0 aromatic heterocycles. The third-order valence-electron chi connectivity index (χ3n) is 7.07. The maximum absolute atomic E-state index is 14.3. The average Bonchev–Trinajstić information content (AvgIpc) is 2.94. The highest BCUT2D eigenvalue weighted by atomic mass is 19.4. The lowest BCUT2D eigenvalue weighted by Crippen LogP contribution is -2.75. The second-order valence-electron chi connectivity index (χ2n) is 11.8. The number of hydrogen-bond donors (Lipinski definition) is 1. The van der Waals surface area contributed by atoms with E-state index in [1.165, 1.54) is 0 Å². The van der Waals surface area contributed by atoms with E-state index in [1.54, 1.807) is 0 Å². The molecule has 0 radical (unpaired) electrons. The summed E-state index contributed by atoms with van der Waals surface area (Å²) >= 11 is 0. The second kappa shape index (κ2) is 14.2. The normalized spacial score (nSPS) is 16.9. The molecule has 0 fully saturated rings. The summed E-state index contributed by atoms with van der Waals surface area (Å²) in [7, 11) is 0.233. The SMILES string of the molecule is C[N+](C)(CC(=O)OCCC(F)(F)C(F)(F)C(F)(F)C(F)(F)C(F)(F)C(F)(F)F)CC(O)C(F)(F)C(F)(F)C(F)(F)C(F)(F)C(F)(F)C(F)(F)C(F)(F)C(F)(F)F. The maximum Gasteiger partial charge on any atom is 0.460 e. The van der Waals surface area contributed by atoms with Gasteiger partial charge in [-0.1, -0.05) is 0 Å². The smallest absolute Gasteiger partial charge is 0.460 e. The number of ether oxygens (including phenoxy) is 1. The number of quaternary nitrogens is 1. The second-order valence-corrected chi connectivity index (χ2v) is 11.8. The summed E-state index contributed by atoms with van der Waals surface area (Å²) in [6, 6.07) is 0. The van der Waals surface area contributed by atoms with Crippen LogP contribution in [0.15, 0.2) is 0 Å². The van der Waals surface area contributed by atoms with E-state index in [4.69, 9.17) is 0 Å². The van der Waals surface area contributed by atoms with Crippen LogP contribution in [0.25, 0.3) is 0 Å². The molecule has 0 aromatic carbocycles. The molecule has 1 unspecified atom stereocenters. The lowest BCUT2D eigenvalue weighted by Gasteiger charge is -2.43. The first kappa shape index (κ1) is 53.3. The molecule has 4 nitrogen and oxygen atoms in total. The third kappa shape index (κ3) is 7.88. The Morgan fingerprint density at radius 3 is 1.04 bits per heavy atom. The van der Waals surface area contributed by atoms with Gasteiger partial charge in [0.05, 0.1) is 27.1 Å². The minimum Gasteiger partial charge on any atom is -0.461 e. The summed E-state index contributed by atoms with van der Waals surface area (Å²) in [5.41, 5.74) is 0. The molecule has 0 saturated carbocycles. The van der Waals surface area contributed by atoms with Crippen molar-refractivity contribution >= 4 is 5.97 Å². The van der Waals surface area contributed by atoms with Gasteiger partial charge in [-0.2, -0.15) is 132 Å². The molecule has 0 spiro atoms. The van der Waals surface area contributed by atoms with Crippen LogP contribution in [0, 0.1) is 0 Å². The molecule has 0 aliphatic rings. The summed E-state index contributed by atoms with van der Waals surface area (Å²) in [6.07, 6.45) is -23.9. The van der Waals surface area contributed by atoms with Crippen molar-refractivity contribution in [3.05, 3.63) is 0 Å². The van der Waals surface area contributed by atoms with Crippen molar-refractivity contribution in [2.75, 3.05) is 33.8 Å². The van der Waals surface area contributed by atoms with Crippen LogP contribution in [0.3, 0.4) is 0 Å². The van der Waals surface area contributed by atoms with Crippen molar-refractivity contribution in [3.8, 4) is 0 Å². The Balaban J connectivity index is 6.23. The molecule has 1 atom stereocenters. The van der Waals surface area contributed by atoms with E-state index in [0.717, 1.165) is 0 Å².